The molecule has 10 heteroatoms. The average Bonchev–Trinajstić information content (AvgIpc) is 3.20. The molecule has 2 aromatic rings. The molecule has 39 heavy (non-hydrogen) atoms. The Labute approximate surface area is 229 Å². The zero-order valence-corrected chi connectivity index (χ0v) is 22.5. The molecule has 0 atom stereocenters. The van der Waals surface area contributed by atoms with Crippen molar-refractivity contribution in [2.45, 2.75) is 19.8 Å². The summed E-state index contributed by atoms with van der Waals surface area (Å²) < 4.78 is 27.0. The molecular formula is C29H38N2O8. The minimum absolute atomic E-state index is 0.172. The van der Waals surface area contributed by atoms with Crippen molar-refractivity contribution in [1.82, 2.24) is 4.90 Å². The van der Waals surface area contributed by atoms with Gasteiger partial charge >= 0.3 is 5.97 Å². The highest BCUT2D eigenvalue weighted by atomic mass is 16.6. The predicted octanol–water partition coefficient (Wildman–Crippen LogP) is 3.42. The molecule has 212 valence electrons. The van der Waals surface area contributed by atoms with E-state index in [0.29, 0.717) is 62.9 Å². The van der Waals surface area contributed by atoms with Gasteiger partial charge in [0.25, 0.3) is 11.8 Å². The standard InChI is InChI=1S/C29H38N2O8/c1-2-3-12-30-24-10-8-23(9-11-24)29(34)39-22-21-38-20-19-37-18-17-36-16-15-35-14-13-31-27(32)25-6-4-5-7-26(25)28(31)33/h4-11,30H,2-3,12-22H2,1H3. The molecule has 3 rings (SSSR count). The SMILES string of the molecule is CCCCNc1ccc(C(=O)OCCOCCOCCOCCOCCN2C(=O)c3ccccc3C2=O)cc1. The van der Waals surface area contributed by atoms with Crippen molar-refractivity contribution in [2.75, 3.05) is 77.9 Å². The number of anilines is 1. The van der Waals surface area contributed by atoms with Crippen molar-refractivity contribution < 1.29 is 38.1 Å². The molecule has 2 aromatic carbocycles. The number of rotatable bonds is 20. The van der Waals surface area contributed by atoms with Gasteiger partial charge in [0.1, 0.15) is 6.61 Å². The lowest BCUT2D eigenvalue weighted by atomic mass is 10.1. The van der Waals surface area contributed by atoms with Crippen LogP contribution in [-0.4, -0.2) is 95.2 Å². The first-order chi connectivity index (χ1) is 19.1. The van der Waals surface area contributed by atoms with E-state index in [1.54, 1.807) is 36.4 Å². The molecule has 0 radical (unpaired) electrons. The van der Waals surface area contributed by atoms with E-state index in [0.717, 1.165) is 25.1 Å². The number of carbonyl (C=O) groups excluding carboxylic acids is 3. The molecule has 1 N–H and O–H groups in total. The molecule has 0 saturated carbocycles. The Morgan fingerprint density at radius 2 is 1.23 bits per heavy atom. The molecule has 0 aromatic heterocycles. The number of hydrogen-bond donors (Lipinski definition) is 1. The molecule has 0 unspecified atom stereocenters. The van der Waals surface area contributed by atoms with E-state index in [4.69, 9.17) is 23.7 Å². The Morgan fingerprint density at radius 1 is 0.718 bits per heavy atom. The molecule has 2 amide bonds. The van der Waals surface area contributed by atoms with Crippen LogP contribution in [0, 0.1) is 0 Å². The highest BCUT2D eigenvalue weighted by molar-refractivity contribution is 6.21. The van der Waals surface area contributed by atoms with E-state index < -0.39 is 0 Å². The fraction of sp³-hybridized carbons (Fsp3) is 0.483. The second-order valence-electron chi connectivity index (χ2n) is 8.75. The number of hydrogen-bond acceptors (Lipinski definition) is 9. The normalized spacial score (nSPS) is 12.6. The van der Waals surface area contributed by atoms with Gasteiger partial charge in [-0.05, 0) is 42.8 Å². The van der Waals surface area contributed by atoms with E-state index in [9.17, 15) is 14.4 Å². The second-order valence-corrected chi connectivity index (χ2v) is 8.75. The van der Waals surface area contributed by atoms with Crippen LogP contribution in [0.4, 0.5) is 5.69 Å². The molecule has 1 heterocycles. The number of fused-ring (bicyclic) bond motifs is 1. The van der Waals surface area contributed by atoms with Gasteiger partial charge in [0, 0.05) is 12.2 Å². The highest BCUT2D eigenvalue weighted by Gasteiger charge is 2.34. The van der Waals surface area contributed by atoms with Crippen LogP contribution >= 0.6 is 0 Å². The van der Waals surface area contributed by atoms with Gasteiger partial charge in [0.05, 0.1) is 76.1 Å². The van der Waals surface area contributed by atoms with Gasteiger partial charge in [-0.2, -0.15) is 0 Å². The number of nitrogens with zero attached hydrogens (tertiary/aromatic N) is 1. The molecule has 0 aliphatic carbocycles. The van der Waals surface area contributed by atoms with Crippen molar-refractivity contribution in [3.05, 3.63) is 65.2 Å². The Balaban J connectivity index is 1.09. The first kappa shape index (κ1) is 30.2. The monoisotopic (exact) mass is 542 g/mol. The Morgan fingerprint density at radius 3 is 1.77 bits per heavy atom. The van der Waals surface area contributed by atoms with Crippen molar-refractivity contribution >= 4 is 23.5 Å². The maximum atomic E-state index is 12.3. The van der Waals surface area contributed by atoms with Crippen LogP contribution in [0.15, 0.2) is 48.5 Å². The lowest BCUT2D eigenvalue weighted by Crippen LogP contribution is -2.33. The predicted molar refractivity (Wildman–Crippen MR) is 145 cm³/mol. The Kier molecular flexibility index (Phi) is 13.4. The van der Waals surface area contributed by atoms with Crippen LogP contribution in [0.5, 0.6) is 0 Å². The van der Waals surface area contributed by atoms with E-state index in [-0.39, 0.29) is 37.5 Å². The summed E-state index contributed by atoms with van der Waals surface area (Å²) in [5, 5.41) is 3.31. The molecule has 10 nitrogen and oxygen atoms in total. The maximum absolute atomic E-state index is 12.3. The van der Waals surface area contributed by atoms with Crippen LogP contribution in [0.2, 0.25) is 0 Å². The minimum Gasteiger partial charge on any atom is -0.460 e. The number of imide groups is 1. The number of carbonyl (C=O) groups is 3. The van der Waals surface area contributed by atoms with Crippen molar-refractivity contribution in [2.24, 2.45) is 0 Å². The maximum Gasteiger partial charge on any atom is 0.338 e. The number of nitrogens with one attached hydrogen (secondary N) is 1. The van der Waals surface area contributed by atoms with Crippen molar-refractivity contribution in [3.8, 4) is 0 Å². The van der Waals surface area contributed by atoms with Gasteiger partial charge in [-0.3, -0.25) is 14.5 Å². The summed E-state index contributed by atoms with van der Waals surface area (Å²) >= 11 is 0. The van der Waals surface area contributed by atoms with E-state index >= 15 is 0 Å². The summed E-state index contributed by atoms with van der Waals surface area (Å²) in [6.45, 7) is 6.32. The quantitative estimate of drug-likeness (QED) is 0.153. The summed E-state index contributed by atoms with van der Waals surface area (Å²) in [6.07, 6.45) is 2.23. The van der Waals surface area contributed by atoms with Crippen molar-refractivity contribution in [1.29, 1.82) is 0 Å². The van der Waals surface area contributed by atoms with Crippen LogP contribution in [0.1, 0.15) is 50.8 Å². The Bertz CT molecular complexity index is 1010. The zero-order valence-electron chi connectivity index (χ0n) is 22.5. The molecule has 1 aliphatic heterocycles. The highest BCUT2D eigenvalue weighted by Crippen LogP contribution is 2.21. The van der Waals surface area contributed by atoms with E-state index in [2.05, 4.69) is 12.2 Å². The van der Waals surface area contributed by atoms with E-state index in [1.807, 2.05) is 12.1 Å². The smallest absolute Gasteiger partial charge is 0.338 e. The summed E-state index contributed by atoms with van der Waals surface area (Å²) in [5.41, 5.74) is 2.37. The summed E-state index contributed by atoms with van der Waals surface area (Å²) in [7, 11) is 0. The topological polar surface area (TPSA) is 113 Å². The molecular weight excluding hydrogens is 504 g/mol. The van der Waals surface area contributed by atoms with Gasteiger partial charge in [-0.15, -0.1) is 0 Å². The minimum atomic E-state index is -0.375. The number of ether oxygens (including phenoxy) is 5. The van der Waals surface area contributed by atoms with Gasteiger partial charge in [-0.25, -0.2) is 4.79 Å². The number of benzene rings is 2. The largest absolute Gasteiger partial charge is 0.460 e. The fourth-order valence-electron chi connectivity index (χ4n) is 3.77. The van der Waals surface area contributed by atoms with Crippen molar-refractivity contribution in [3.63, 3.8) is 0 Å². The summed E-state index contributed by atoms with van der Waals surface area (Å²) in [4.78, 5) is 37.8. The first-order valence-corrected chi connectivity index (χ1v) is 13.4. The lowest BCUT2D eigenvalue weighted by Gasteiger charge is -2.13. The molecule has 0 fully saturated rings. The molecule has 0 spiro atoms. The van der Waals surface area contributed by atoms with Crippen LogP contribution < -0.4 is 5.32 Å². The molecule has 0 saturated heterocycles. The number of esters is 1. The fourth-order valence-corrected chi connectivity index (χ4v) is 3.77. The number of amides is 2. The van der Waals surface area contributed by atoms with Gasteiger partial charge in [-0.1, -0.05) is 25.5 Å². The lowest BCUT2D eigenvalue weighted by molar-refractivity contribution is -0.00982. The number of unbranched alkanes of at least 4 members (excludes halogenated alkanes) is 1. The first-order valence-electron chi connectivity index (χ1n) is 13.4. The molecule has 1 aliphatic rings. The average molecular weight is 543 g/mol. The zero-order chi connectivity index (χ0) is 27.7. The van der Waals surface area contributed by atoms with Crippen LogP contribution in [-0.2, 0) is 23.7 Å². The summed E-state index contributed by atoms with van der Waals surface area (Å²) in [6, 6.07) is 14.0. The van der Waals surface area contributed by atoms with Crippen LogP contribution in [0.25, 0.3) is 0 Å². The Hall–Kier alpha value is -3.31. The third kappa shape index (κ3) is 10.1. The van der Waals surface area contributed by atoms with Gasteiger partial charge < -0.3 is 29.0 Å². The van der Waals surface area contributed by atoms with E-state index in [1.165, 1.54) is 4.90 Å². The third-order valence-electron chi connectivity index (χ3n) is 5.89. The third-order valence-corrected chi connectivity index (χ3v) is 5.89. The van der Waals surface area contributed by atoms with Crippen LogP contribution in [0.3, 0.4) is 0 Å². The second kappa shape index (κ2) is 17.3. The van der Waals surface area contributed by atoms with Gasteiger partial charge in [0.2, 0.25) is 0 Å². The summed E-state index contributed by atoms with van der Waals surface area (Å²) in [5.74, 6) is -0.942. The molecule has 0 bridgehead atoms. The van der Waals surface area contributed by atoms with Gasteiger partial charge in [0.15, 0.2) is 0 Å².